The van der Waals surface area contributed by atoms with Gasteiger partial charge in [0.1, 0.15) is 0 Å². The Bertz CT molecular complexity index is 573. The molecule has 0 amide bonds. The third kappa shape index (κ3) is 6.18. The molecule has 3 heteroatoms. The van der Waals surface area contributed by atoms with Crippen LogP contribution in [-0.4, -0.2) is 10.9 Å². The minimum atomic E-state index is 0.0972. The van der Waals surface area contributed by atoms with Crippen molar-refractivity contribution in [3.05, 3.63) is 72.4 Å². The van der Waals surface area contributed by atoms with E-state index in [1.54, 1.807) is 18.0 Å². The van der Waals surface area contributed by atoms with Crippen molar-refractivity contribution in [3.63, 3.8) is 0 Å². The summed E-state index contributed by atoms with van der Waals surface area (Å²) in [5.74, 6) is 1.48. The molecule has 1 unspecified atom stereocenters. The van der Waals surface area contributed by atoms with Gasteiger partial charge < -0.3 is 5.11 Å². The first-order chi connectivity index (χ1) is 12.3. The molecule has 1 aliphatic rings. The van der Waals surface area contributed by atoms with Crippen LogP contribution in [0.15, 0.2) is 61.2 Å². The van der Waals surface area contributed by atoms with Crippen LogP contribution in [0.25, 0.3) is 0 Å². The van der Waals surface area contributed by atoms with E-state index in [9.17, 15) is 5.11 Å². The molecule has 25 heavy (non-hydrogen) atoms. The van der Waals surface area contributed by atoms with Gasteiger partial charge in [-0.3, -0.25) is 4.72 Å². The van der Waals surface area contributed by atoms with Crippen LogP contribution in [-0.2, 0) is 6.61 Å². The lowest BCUT2D eigenvalue weighted by Crippen LogP contribution is -2.25. The monoisotopic (exact) mass is 357 g/mol. The maximum atomic E-state index is 9.77. The minimum Gasteiger partial charge on any atom is -0.392 e. The second-order valence-corrected chi connectivity index (χ2v) is 7.49. The van der Waals surface area contributed by atoms with Gasteiger partial charge in [-0.05, 0) is 35.5 Å². The molecule has 0 heterocycles. The van der Waals surface area contributed by atoms with Gasteiger partial charge in [0.25, 0.3) is 0 Å². The summed E-state index contributed by atoms with van der Waals surface area (Å²) in [7, 11) is 0. The van der Waals surface area contributed by atoms with Crippen LogP contribution < -0.4 is 4.72 Å². The average molecular weight is 358 g/mol. The number of allylic oxidation sites excluding steroid dienone is 3. The SMILES string of the molecule is C=C/C=C(\C=C)CSNC(c1ccccc1CO)C1CCCCCC1. The molecule has 1 fully saturated rings. The van der Waals surface area contributed by atoms with E-state index < -0.39 is 0 Å². The first-order valence-electron chi connectivity index (χ1n) is 9.30. The number of hydrogen-bond donors (Lipinski definition) is 2. The van der Waals surface area contributed by atoms with Gasteiger partial charge in [-0.2, -0.15) is 0 Å². The Kier molecular flexibility index (Phi) is 9.09. The molecule has 0 saturated heterocycles. The Morgan fingerprint density at radius 2 is 1.92 bits per heavy atom. The maximum Gasteiger partial charge on any atom is 0.0685 e. The topological polar surface area (TPSA) is 32.3 Å². The summed E-state index contributed by atoms with van der Waals surface area (Å²) in [5, 5.41) is 9.77. The highest BCUT2D eigenvalue weighted by Gasteiger charge is 2.25. The first kappa shape index (κ1) is 20.0. The molecule has 2 rings (SSSR count). The van der Waals surface area contributed by atoms with Gasteiger partial charge in [0.2, 0.25) is 0 Å². The average Bonchev–Trinajstić information content (AvgIpc) is 2.93. The highest BCUT2D eigenvalue weighted by Crippen LogP contribution is 2.36. The predicted octanol–water partition coefficient (Wildman–Crippen LogP) is 5.73. The van der Waals surface area contributed by atoms with E-state index in [1.807, 2.05) is 24.3 Å². The molecule has 1 aromatic carbocycles. The maximum absolute atomic E-state index is 9.77. The Hall–Kier alpha value is -1.29. The van der Waals surface area contributed by atoms with Gasteiger partial charge in [0.15, 0.2) is 0 Å². The van der Waals surface area contributed by atoms with Crippen molar-refractivity contribution < 1.29 is 5.11 Å². The Labute approximate surface area is 157 Å². The summed E-state index contributed by atoms with van der Waals surface area (Å²) in [5.41, 5.74) is 3.45. The molecule has 1 aliphatic carbocycles. The zero-order chi connectivity index (χ0) is 17.9. The molecule has 0 aliphatic heterocycles. The molecule has 1 saturated carbocycles. The number of rotatable bonds is 9. The number of aliphatic hydroxyl groups excluding tert-OH is 1. The quantitative estimate of drug-likeness (QED) is 0.336. The molecule has 1 atom stereocenters. The molecule has 136 valence electrons. The van der Waals surface area contributed by atoms with Crippen LogP contribution in [0.3, 0.4) is 0 Å². The van der Waals surface area contributed by atoms with E-state index in [-0.39, 0.29) is 12.6 Å². The molecule has 1 aromatic rings. The molecule has 2 N–H and O–H groups in total. The highest BCUT2D eigenvalue weighted by atomic mass is 32.2. The van der Waals surface area contributed by atoms with E-state index in [4.69, 9.17) is 0 Å². The van der Waals surface area contributed by atoms with Crippen LogP contribution in [0.5, 0.6) is 0 Å². The smallest absolute Gasteiger partial charge is 0.0685 e. The number of nitrogens with one attached hydrogen (secondary N) is 1. The van der Waals surface area contributed by atoms with Crippen molar-refractivity contribution in [2.24, 2.45) is 5.92 Å². The van der Waals surface area contributed by atoms with Crippen LogP contribution >= 0.6 is 11.9 Å². The third-order valence-corrected chi connectivity index (χ3v) is 5.87. The number of aliphatic hydroxyl groups is 1. The lowest BCUT2D eigenvalue weighted by molar-refractivity contribution is 0.276. The molecular weight excluding hydrogens is 326 g/mol. The normalized spacial score (nSPS) is 17.7. The van der Waals surface area contributed by atoms with Crippen LogP contribution in [0, 0.1) is 5.92 Å². The predicted molar refractivity (Wildman–Crippen MR) is 110 cm³/mol. The van der Waals surface area contributed by atoms with E-state index in [0.29, 0.717) is 5.92 Å². The van der Waals surface area contributed by atoms with Crippen LogP contribution in [0.4, 0.5) is 0 Å². The van der Waals surface area contributed by atoms with Gasteiger partial charge in [0.05, 0.1) is 6.61 Å². The lowest BCUT2D eigenvalue weighted by atomic mass is 9.86. The largest absolute Gasteiger partial charge is 0.392 e. The van der Waals surface area contributed by atoms with E-state index in [2.05, 4.69) is 30.0 Å². The van der Waals surface area contributed by atoms with Gasteiger partial charge in [-0.15, -0.1) is 0 Å². The molecule has 0 radical (unpaired) electrons. The molecule has 0 spiro atoms. The number of benzene rings is 1. The summed E-state index contributed by atoms with van der Waals surface area (Å²) in [6.45, 7) is 7.74. The van der Waals surface area contributed by atoms with Crippen molar-refractivity contribution in [2.45, 2.75) is 51.2 Å². The zero-order valence-electron chi connectivity index (χ0n) is 15.1. The Morgan fingerprint density at radius 3 is 2.56 bits per heavy atom. The fraction of sp³-hybridized carbons (Fsp3) is 0.455. The molecule has 0 aromatic heterocycles. The van der Waals surface area contributed by atoms with Crippen LogP contribution in [0.2, 0.25) is 0 Å². The Morgan fingerprint density at radius 1 is 1.20 bits per heavy atom. The Balaban J connectivity index is 2.15. The second-order valence-electron chi connectivity index (χ2n) is 6.67. The van der Waals surface area contributed by atoms with Crippen molar-refractivity contribution in [3.8, 4) is 0 Å². The molecule has 0 bridgehead atoms. The van der Waals surface area contributed by atoms with E-state index in [1.165, 1.54) is 49.7 Å². The summed E-state index contributed by atoms with van der Waals surface area (Å²) in [4.78, 5) is 0. The first-order valence-corrected chi connectivity index (χ1v) is 10.3. The second kappa shape index (κ2) is 11.3. The summed E-state index contributed by atoms with van der Waals surface area (Å²) < 4.78 is 3.71. The standard InChI is InChI=1S/C22H31NOS/c1-3-11-18(4-2)17-25-23-22(19-12-7-5-6-8-13-19)21-15-10-9-14-20(21)16-24/h3-4,9-11,14-15,19,22-24H,1-2,5-8,12-13,16-17H2/b18-11+. The van der Waals surface area contributed by atoms with E-state index in [0.717, 1.165) is 11.3 Å². The van der Waals surface area contributed by atoms with Crippen molar-refractivity contribution >= 4 is 11.9 Å². The van der Waals surface area contributed by atoms with Crippen molar-refractivity contribution in [1.82, 2.24) is 4.72 Å². The van der Waals surface area contributed by atoms with Crippen LogP contribution in [0.1, 0.15) is 55.7 Å². The summed E-state index contributed by atoms with van der Waals surface area (Å²) in [6.07, 6.45) is 13.5. The van der Waals surface area contributed by atoms with Crippen molar-refractivity contribution in [1.29, 1.82) is 0 Å². The third-order valence-electron chi connectivity index (χ3n) is 4.97. The molecular formula is C22H31NOS. The highest BCUT2D eigenvalue weighted by molar-refractivity contribution is 7.97. The number of hydrogen-bond acceptors (Lipinski definition) is 3. The van der Waals surface area contributed by atoms with Gasteiger partial charge >= 0.3 is 0 Å². The fourth-order valence-corrected chi connectivity index (χ4v) is 4.54. The summed E-state index contributed by atoms with van der Waals surface area (Å²) in [6, 6.07) is 8.58. The van der Waals surface area contributed by atoms with Gasteiger partial charge in [-0.1, -0.05) is 93.3 Å². The molecule has 2 nitrogen and oxygen atoms in total. The minimum absolute atomic E-state index is 0.0972. The fourth-order valence-electron chi connectivity index (χ4n) is 3.58. The zero-order valence-corrected chi connectivity index (χ0v) is 15.9. The van der Waals surface area contributed by atoms with Gasteiger partial charge in [0, 0.05) is 11.8 Å². The lowest BCUT2D eigenvalue weighted by Gasteiger charge is -2.29. The van der Waals surface area contributed by atoms with E-state index >= 15 is 0 Å². The van der Waals surface area contributed by atoms with Gasteiger partial charge in [-0.25, -0.2) is 0 Å². The summed E-state index contributed by atoms with van der Waals surface area (Å²) >= 11 is 1.73. The van der Waals surface area contributed by atoms with Crippen molar-refractivity contribution in [2.75, 3.05) is 5.75 Å².